The molecule has 5 fully saturated rings. The minimum atomic E-state index is -5.24. The molecular weight excluding hydrogens is 1540 g/mol. The lowest BCUT2D eigenvalue weighted by molar-refractivity contribution is -0.335. The molecule has 0 radical (unpaired) electrons. The molecule has 5 rings (SSSR count). The zero-order chi connectivity index (χ0) is 92.7. The third kappa shape index (κ3) is 68.9. The average molecular weight is 1700 g/mol. The van der Waals surface area contributed by atoms with Crippen molar-refractivity contribution in [3.8, 4) is 0 Å². The number of halogens is 28. The minimum Gasteiger partial charge on any atom is -0.244 e. The summed E-state index contributed by atoms with van der Waals surface area (Å²) in [5.74, 6) is -3.76. The summed E-state index contributed by atoms with van der Waals surface area (Å²) in [6.07, 6.45) is -7.47. The lowest BCUT2D eigenvalue weighted by Crippen LogP contribution is -2.47. The number of hydrogen-bond donors (Lipinski definition) is 0. The van der Waals surface area contributed by atoms with E-state index in [2.05, 4.69) is 118 Å². The van der Waals surface area contributed by atoms with Gasteiger partial charge in [-0.2, -0.15) is 105 Å². The summed E-state index contributed by atoms with van der Waals surface area (Å²) in [7, 11) is 0. The van der Waals surface area contributed by atoms with E-state index in [4.69, 9.17) is 0 Å². The Kier molecular flexibility index (Phi) is 66.0. The van der Waals surface area contributed by atoms with Crippen LogP contribution in [0.3, 0.4) is 0 Å². The van der Waals surface area contributed by atoms with Gasteiger partial charge in [0.05, 0.1) is 11.3 Å². The first kappa shape index (κ1) is 131. The second kappa shape index (κ2) is 56.5. The maximum atomic E-state index is 12.4. The minimum absolute atomic E-state index is 0.0625. The van der Waals surface area contributed by atoms with Crippen LogP contribution < -0.4 is 0 Å². The van der Waals surface area contributed by atoms with E-state index in [0.717, 1.165) is 70.1 Å². The van der Waals surface area contributed by atoms with E-state index in [9.17, 15) is 123 Å². The van der Waals surface area contributed by atoms with Gasteiger partial charge in [-0.05, 0) is 178 Å². The number of alkyl halides is 28. The highest BCUT2D eigenvalue weighted by Gasteiger charge is 2.66. The molecule has 0 bridgehead atoms. The van der Waals surface area contributed by atoms with Crippen LogP contribution in [-0.2, 0) is 0 Å². The van der Waals surface area contributed by atoms with Gasteiger partial charge in [0.15, 0.2) is 16.5 Å². The van der Waals surface area contributed by atoms with Crippen LogP contribution in [0.2, 0.25) is 0 Å². The van der Waals surface area contributed by atoms with E-state index >= 15 is 0 Å². The van der Waals surface area contributed by atoms with Gasteiger partial charge in [-0.1, -0.05) is 263 Å². The van der Waals surface area contributed by atoms with Gasteiger partial charge >= 0.3 is 49.4 Å². The van der Waals surface area contributed by atoms with Gasteiger partial charge in [0.25, 0.3) is 0 Å². The Hall–Kier alpha value is -1.96. The first-order chi connectivity index (χ1) is 49.2. The van der Waals surface area contributed by atoms with Crippen LogP contribution >= 0.6 is 0 Å². The van der Waals surface area contributed by atoms with E-state index in [1.165, 1.54) is 143 Å². The predicted octanol–water partition coefficient (Wildman–Crippen LogP) is 38.1. The molecule has 0 aromatic heterocycles. The van der Waals surface area contributed by atoms with Crippen LogP contribution in [0.4, 0.5) is 123 Å². The van der Waals surface area contributed by atoms with E-state index in [1.807, 2.05) is 13.8 Å². The third-order valence-electron chi connectivity index (χ3n) is 21.0. The molecule has 692 valence electrons. The van der Waals surface area contributed by atoms with Crippen molar-refractivity contribution in [1.82, 2.24) is 0 Å². The normalized spacial score (nSPS) is 18.3. The molecule has 0 aliphatic heterocycles. The third-order valence-corrected chi connectivity index (χ3v) is 21.0. The van der Waals surface area contributed by atoms with Crippen LogP contribution in [0.25, 0.3) is 0 Å². The smallest absolute Gasteiger partial charge is 0.244 e. The molecule has 112 heavy (non-hydrogen) atoms. The molecular formula is C84H160F28. The maximum Gasteiger partial charge on any atom is 0.421 e. The van der Waals surface area contributed by atoms with Gasteiger partial charge in [0.1, 0.15) is 5.67 Å². The quantitative estimate of drug-likeness (QED) is 0.223. The molecule has 0 spiro atoms. The van der Waals surface area contributed by atoms with Gasteiger partial charge in [0, 0.05) is 12.3 Å². The van der Waals surface area contributed by atoms with Crippen molar-refractivity contribution in [2.75, 3.05) is 0 Å². The molecule has 0 amide bonds. The Morgan fingerprint density at radius 3 is 0.670 bits per heavy atom. The van der Waals surface area contributed by atoms with Gasteiger partial charge in [-0.3, -0.25) is 0 Å². The van der Waals surface area contributed by atoms with Crippen molar-refractivity contribution in [1.29, 1.82) is 0 Å². The second-order valence-electron chi connectivity index (χ2n) is 35.6. The summed E-state index contributed by atoms with van der Waals surface area (Å²) in [6.45, 7) is 55.5. The summed E-state index contributed by atoms with van der Waals surface area (Å²) in [6, 6.07) is 0. The van der Waals surface area contributed by atoms with Crippen molar-refractivity contribution in [3.05, 3.63) is 0 Å². The molecule has 0 N–H and O–H groups in total. The lowest BCUT2D eigenvalue weighted by atomic mass is 9.72. The number of hydrogen-bond acceptors (Lipinski definition) is 0. The Bertz CT molecular complexity index is 2030. The fraction of sp³-hybridized carbons (Fsp3) is 1.00. The van der Waals surface area contributed by atoms with Crippen molar-refractivity contribution in [3.63, 3.8) is 0 Å². The summed E-state index contributed by atoms with van der Waals surface area (Å²) in [5.41, 5.74) is -9.15. The highest BCUT2D eigenvalue weighted by Crippen LogP contribution is 2.54. The Balaban J connectivity index is -0.000000126. The van der Waals surface area contributed by atoms with Crippen molar-refractivity contribution in [2.45, 2.75) is 481 Å². The summed E-state index contributed by atoms with van der Waals surface area (Å²) >= 11 is 0. The number of rotatable bonds is 7. The Morgan fingerprint density at radius 2 is 0.580 bits per heavy atom. The zero-order valence-corrected chi connectivity index (χ0v) is 75.3. The topological polar surface area (TPSA) is 0 Å². The Labute approximate surface area is 663 Å². The molecule has 0 aromatic carbocycles. The van der Waals surface area contributed by atoms with Crippen LogP contribution in [0.1, 0.15) is 415 Å². The summed E-state index contributed by atoms with van der Waals surface area (Å²) in [4.78, 5) is 0. The molecule has 0 nitrogen and oxygen atoms in total. The van der Waals surface area contributed by atoms with Crippen LogP contribution in [0.5, 0.6) is 0 Å². The fourth-order valence-electron chi connectivity index (χ4n) is 8.22. The first-order valence-corrected chi connectivity index (χ1v) is 40.5. The van der Waals surface area contributed by atoms with E-state index in [-0.39, 0.29) is 40.0 Å². The SMILES string of the molecule is CC.CC(C)(C(F)(F)F)C(F)(F)F.CC(C)(F)C(F)(F)F.CC(C)C(F)(F)F.CC1(F)CC1.CCC.CCC(C)(C(F)(F)F)C(F)(F)F.CCC(C)(C)C.CCC(C)(C)C.CCC(C)(F)F.CCC(C)C(F)(F)F.CCC1(C(F)(F)F)CCCC1.CCC1(C)CCCC1.CCC1(C)CCCCC1.CCC1CCC(C)(C)CC1. The van der Waals surface area contributed by atoms with E-state index in [0.29, 0.717) is 42.9 Å². The largest absolute Gasteiger partial charge is 0.421 e. The fourth-order valence-corrected chi connectivity index (χ4v) is 8.22. The molecule has 0 aromatic rings. The monoisotopic (exact) mass is 1700 g/mol. The predicted molar refractivity (Wildman–Crippen MR) is 412 cm³/mol. The van der Waals surface area contributed by atoms with Gasteiger partial charge in [-0.25, -0.2) is 17.6 Å². The van der Waals surface area contributed by atoms with Gasteiger partial charge in [0.2, 0.25) is 5.92 Å². The van der Waals surface area contributed by atoms with Crippen molar-refractivity contribution < 1.29 is 123 Å². The van der Waals surface area contributed by atoms with Crippen LogP contribution in [-0.4, -0.2) is 66.7 Å². The molecule has 28 heteroatoms. The summed E-state index contributed by atoms with van der Waals surface area (Å²) in [5, 5.41) is 0. The van der Waals surface area contributed by atoms with Gasteiger partial charge in [-0.15, -0.1) is 0 Å². The van der Waals surface area contributed by atoms with Gasteiger partial charge < -0.3 is 0 Å². The zero-order valence-electron chi connectivity index (χ0n) is 75.3. The second-order valence-corrected chi connectivity index (χ2v) is 35.6. The maximum absolute atomic E-state index is 12.4. The molecule has 1 unspecified atom stereocenters. The molecule has 5 aliphatic carbocycles. The molecule has 5 saturated carbocycles. The van der Waals surface area contributed by atoms with E-state index < -0.39 is 101 Å². The van der Waals surface area contributed by atoms with Crippen molar-refractivity contribution in [2.24, 2.45) is 61.1 Å². The lowest BCUT2D eigenvalue weighted by Gasteiger charge is -2.33. The molecule has 1 atom stereocenters. The molecule has 0 heterocycles. The van der Waals surface area contributed by atoms with Crippen LogP contribution in [0, 0.1) is 61.1 Å². The highest BCUT2D eigenvalue weighted by molar-refractivity contribution is 4.91. The first-order valence-electron chi connectivity index (χ1n) is 40.5. The van der Waals surface area contributed by atoms with Crippen LogP contribution in [0.15, 0.2) is 0 Å². The average Bonchev–Trinajstić information content (AvgIpc) is 1.29. The van der Waals surface area contributed by atoms with E-state index in [1.54, 1.807) is 13.8 Å². The molecule has 5 aliphatic rings. The van der Waals surface area contributed by atoms with Crippen molar-refractivity contribution >= 4 is 0 Å². The highest BCUT2D eigenvalue weighted by atomic mass is 19.4. The summed E-state index contributed by atoms with van der Waals surface area (Å²) < 4.78 is 326. The standard InChI is InChI=1S/C10H20.C9H18.C8H13F3.C8H16.C6H8F6.2C6H14.C5H6F6.C5H9F3.C4H6F4.C4H7F3.C4H8F2.C4H7F.C3H8.C2H6/c1-4-9-5-7-10(2,3)8-6-9;1-3-9(2)7-5-4-6-8-9;1-2-7(8(9,10)11)5-3-4-6-7;1-3-8(2)6-4-5-7-8;1-3-4(2,5(7,8)9)6(10,11)12;2*1-5-6(2,3)4;1-3(2,4(6,7)8)5(9,10)11;1-3-4(2)5(6,7)8;1-3(2,5)4(6,7)8;1-3(2)4(5,6)7;1-3-4(2,5)6;1-4(5)2-3-4;1-3-2;1-2/h9H,4-8H2,1-3H3;3-8H2,1-2H3;2-6H2,1H3;3-7H2,1-2H3;3H2,1-2H3;2*5H2,1-4H3;1-2H3;4H,3H2,1-2H3;1-2H3;3H,1-2H3;3H2,1-2H3;2-3H2,1H3;3H2,1-2H3;1-2H3. The molecule has 0 saturated heterocycles. The Morgan fingerprint density at radius 1 is 0.339 bits per heavy atom.